The van der Waals surface area contributed by atoms with Gasteiger partial charge < -0.3 is 14.2 Å². The second kappa shape index (κ2) is 6.57. The van der Waals surface area contributed by atoms with Crippen LogP contribution in [0.1, 0.15) is 22.6 Å². The number of aryl methyl sites for hydroxylation is 1. The van der Waals surface area contributed by atoms with E-state index in [1.807, 2.05) is 29.2 Å². The summed E-state index contributed by atoms with van der Waals surface area (Å²) in [6.07, 6.45) is 1.08. The molecule has 1 aromatic heterocycles. The van der Waals surface area contributed by atoms with Crippen molar-refractivity contribution in [1.82, 2.24) is 19.9 Å². The fraction of sp³-hybridized carbons (Fsp3) is 0.500. The SMILES string of the molecule is Cc1noc(-c2ccccc2C(=O)N2CC[C@@H]3OCCN(C)[C@@H]3C2)n1. The zero-order chi connectivity index (χ0) is 17.4. The van der Waals surface area contributed by atoms with Crippen LogP contribution in [-0.2, 0) is 4.74 Å². The van der Waals surface area contributed by atoms with Crippen LogP contribution < -0.4 is 0 Å². The number of hydrogen-bond donors (Lipinski definition) is 0. The number of morpholine rings is 1. The van der Waals surface area contributed by atoms with Crippen molar-refractivity contribution >= 4 is 5.91 Å². The first-order chi connectivity index (χ1) is 12.1. The van der Waals surface area contributed by atoms with E-state index in [4.69, 9.17) is 9.26 Å². The maximum atomic E-state index is 13.2. The Morgan fingerprint density at radius 3 is 2.92 bits per heavy atom. The molecular weight excluding hydrogens is 320 g/mol. The topological polar surface area (TPSA) is 71.7 Å². The Morgan fingerprint density at radius 2 is 2.12 bits per heavy atom. The summed E-state index contributed by atoms with van der Waals surface area (Å²) in [5.74, 6) is 0.942. The number of carbonyl (C=O) groups is 1. The van der Waals surface area contributed by atoms with E-state index < -0.39 is 0 Å². The summed E-state index contributed by atoms with van der Waals surface area (Å²) in [4.78, 5) is 21.6. The summed E-state index contributed by atoms with van der Waals surface area (Å²) in [5.41, 5.74) is 1.28. The van der Waals surface area contributed by atoms with Gasteiger partial charge >= 0.3 is 0 Å². The third-order valence-corrected chi connectivity index (χ3v) is 5.06. The third-order valence-electron chi connectivity index (χ3n) is 5.06. The number of rotatable bonds is 2. The molecule has 0 bridgehead atoms. The average molecular weight is 342 g/mol. The summed E-state index contributed by atoms with van der Waals surface area (Å²) in [7, 11) is 2.10. The van der Waals surface area contributed by atoms with Crippen LogP contribution in [0.2, 0.25) is 0 Å². The van der Waals surface area contributed by atoms with E-state index in [-0.39, 0.29) is 18.1 Å². The summed E-state index contributed by atoms with van der Waals surface area (Å²) >= 11 is 0. The highest BCUT2D eigenvalue weighted by Crippen LogP contribution is 2.27. The van der Waals surface area contributed by atoms with Crippen molar-refractivity contribution in [2.45, 2.75) is 25.5 Å². The van der Waals surface area contributed by atoms with E-state index in [9.17, 15) is 4.79 Å². The number of hydrogen-bond acceptors (Lipinski definition) is 6. The normalized spacial score (nSPS) is 24.2. The third kappa shape index (κ3) is 3.05. The van der Waals surface area contributed by atoms with E-state index in [0.29, 0.717) is 35.9 Å². The van der Waals surface area contributed by atoms with Crippen molar-refractivity contribution in [1.29, 1.82) is 0 Å². The van der Waals surface area contributed by atoms with Gasteiger partial charge in [-0.3, -0.25) is 9.69 Å². The number of likely N-dealkylation sites (N-methyl/N-ethyl adjacent to an activating group) is 1. The number of nitrogens with zero attached hydrogens (tertiary/aromatic N) is 4. The van der Waals surface area contributed by atoms with Crippen molar-refractivity contribution < 1.29 is 14.1 Å². The smallest absolute Gasteiger partial charge is 0.258 e. The standard InChI is InChI=1S/C18H22N4O3/c1-12-19-17(25-20-12)13-5-3-4-6-14(13)18(23)22-8-7-16-15(11-22)21(2)9-10-24-16/h3-6,15-16H,7-11H2,1-2H3/t15-,16+/m1/s1. The van der Waals surface area contributed by atoms with E-state index in [0.717, 1.165) is 19.6 Å². The molecule has 3 heterocycles. The maximum Gasteiger partial charge on any atom is 0.258 e. The number of carbonyl (C=O) groups excluding carboxylic acids is 1. The van der Waals surface area contributed by atoms with Crippen molar-refractivity contribution in [2.24, 2.45) is 0 Å². The average Bonchev–Trinajstić information content (AvgIpc) is 3.07. The second-order valence-corrected chi connectivity index (χ2v) is 6.69. The second-order valence-electron chi connectivity index (χ2n) is 6.69. The van der Waals surface area contributed by atoms with Crippen molar-refractivity contribution in [3.05, 3.63) is 35.7 Å². The van der Waals surface area contributed by atoms with Gasteiger partial charge in [-0.2, -0.15) is 4.98 Å². The molecule has 2 atom stereocenters. The molecule has 1 aromatic carbocycles. The van der Waals surface area contributed by atoms with Gasteiger partial charge in [0, 0.05) is 19.6 Å². The first kappa shape index (κ1) is 16.2. The Bertz CT molecular complexity index is 775. The zero-order valence-corrected chi connectivity index (χ0v) is 14.5. The van der Waals surface area contributed by atoms with Crippen LogP contribution in [0, 0.1) is 6.92 Å². The fourth-order valence-electron chi connectivity index (χ4n) is 3.66. The van der Waals surface area contributed by atoms with Gasteiger partial charge in [0.25, 0.3) is 11.8 Å². The van der Waals surface area contributed by atoms with Crippen molar-refractivity contribution in [3.8, 4) is 11.5 Å². The molecule has 0 aliphatic carbocycles. The first-order valence-electron chi connectivity index (χ1n) is 8.64. The predicted octanol–water partition coefficient (Wildman–Crippen LogP) is 1.59. The van der Waals surface area contributed by atoms with E-state index >= 15 is 0 Å². The molecule has 7 heteroatoms. The monoisotopic (exact) mass is 342 g/mol. The number of fused-ring (bicyclic) bond motifs is 1. The Hall–Kier alpha value is -2.25. The molecule has 1 amide bonds. The minimum atomic E-state index is 0.00359. The molecular formula is C18H22N4O3. The number of benzene rings is 1. The van der Waals surface area contributed by atoms with Gasteiger partial charge in [-0.05, 0) is 32.5 Å². The molecule has 4 rings (SSSR count). The molecule has 25 heavy (non-hydrogen) atoms. The van der Waals surface area contributed by atoms with Crippen LogP contribution in [0.25, 0.3) is 11.5 Å². The first-order valence-corrected chi connectivity index (χ1v) is 8.64. The Labute approximate surface area is 146 Å². The molecule has 0 saturated carbocycles. The van der Waals surface area contributed by atoms with Gasteiger partial charge in [-0.15, -0.1) is 0 Å². The van der Waals surface area contributed by atoms with Crippen LogP contribution >= 0.6 is 0 Å². The quantitative estimate of drug-likeness (QED) is 0.825. The maximum absolute atomic E-state index is 13.2. The van der Waals surface area contributed by atoms with Gasteiger partial charge in [0.05, 0.1) is 29.9 Å². The highest BCUT2D eigenvalue weighted by Gasteiger charge is 2.37. The van der Waals surface area contributed by atoms with Gasteiger partial charge in [-0.25, -0.2) is 0 Å². The van der Waals surface area contributed by atoms with Crippen molar-refractivity contribution in [3.63, 3.8) is 0 Å². The Morgan fingerprint density at radius 1 is 1.28 bits per heavy atom. The van der Waals surface area contributed by atoms with Crippen LogP contribution in [0.4, 0.5) is 0 Å². The lowest BCUT2D eigenvalue weighted by atomic mass is 9.97. The lowest BCUT2D eigenvalue weighted by Crippen LogP contribution is -2.59. The highest BCUT2D eigenvalue weighted by molar-refractivity contribution is 6.00. The lowest BCUT2D eigenvalue weighted by Gasteiger charge is -2.45. The molecule has 7 nitrogen and oxygen atoms in total. The lowest BCUT2D eigenvalue weighted by molar-refractivity contribution is -0.0893. The van der Waals surface area contributed by atoms with E-state index in [1.54, 1.807) is 6.92 Å². The molecule has 2 aliphatic rings. The predicted molar refractivity (Wildman–Crippen MR) is 91.1 cm³/mol. The fourth-order valence-corrected chi connectivity index (χ4v) is 3.66. The van der Waals surface area contributed by atoms with Gasteiger partial charge in [0.2, 0.25) is 0 Å². The largest absolute Gasteiger partial charge is 0.375 e. The molecule has 0 spiro atoms. The van der Waals surface area contributed by atoms with E-state index in [1.165, 1.54) is 0 Å². The Kier molecular flexibility index (Phi) is 4.27. The van der Waals surface area contributed by atoms with E-state index in [2.05, 4.69) is 22.1 Å². The molecule has 132 valence electrons. The van der Waals surface area contributed by atoms with Gasteiger partial charge in [0.1, 0.15) is 0 Å². The van der Waals surface area contributed by atoms with Crippen LogP contribution in [0.15, 0.2) is 28.8 Å². The molecule has 0 unspecified atom stereocenters. The number of likely N-dealkylation sites (tertiary alicyclic amines) is 1. The number of amides is 1. The van der Waals surface area contributed by atoms with Gasteiger partial charge in [0.15, 0.2) is 5.82 Å². The molecule has 2 saturated heterocycles. The zero-order valence-electron chi connectivity index (χ0n) is 14.5. The minimum Gasteiger partial charge on any atom is -0.375 e. The number of aromatic nitrogens is 2. The molecule has 0 radical (unpaired) electrons. The van der Waals surface area contributed by atoms with Crippen LogP contribution in [0.5, 0.6) is 0 Å². The molecule has 2 aromatic rings. The number of piperidine rings is 1. The highest BCUT2D eigenvalue weighted by atomic mass is 16.5. The number of ether oxygens (including phenoxy) is 1. The summed E-state index contributed by atoms with van der Waals surface area (Å²) in [6.45, 7) is 4.81. The molecule has 2 fully saturated rings. The van der Waals surface area contributed by atoms with Crippen LogP contribution in [-0.4, -0.2) is 71.3 Å². The van der Waals surface area contributed by atoms with Crippen molar-refractivity contribution in [2.75, 3.05) is 33.3 Å². The minimum absolute atomic E-state index is 0.00359. The summed E-state index contributed by atoms with van der Waals surface area (Å²) < 4.78 is 11.1. The summed E-state index contributed by atoms with van der Waals surface area (Å²) in [5, 5.41) is 3.84. The summed E-state index contributed by atoms with van der Waals surface area (Å²) in [6, 6.07) is 7.67. The van der Waals surface area contributed by atoms with Gasteiger partial charge in [-0.1, -0.05) is 17.3 Å². The van der Waals surface area contributed by atoms with Crippen LogP contribution in [0.3, 0.4) is 0 Å². The molecule has 0 N–H and O–H groups in total. The molecule has 2 aliphatic heterocycles. The Balaban J connectivity index is 1.59.